The lowest BCUT2D eigenvalue weighted by Crippen LogP contribution is -2.11. The summed E-state index contributed by atoms with van der Waals surface area (Å²) in [6, 6.07) is 8.00. The molecule has 0 aliphatic rings. The Morgan fingerprint density at radius 1 is 1.35 bits per heavy atom. The molecule has 0 aliphatic heterocycles. The summed E-state index contributed by atoms with van der Waals surface area (Å²) in [5, 5.41) is 14.2. The first-order chi connectivity index (χ1) is 8.13. The molecular formula is C13H17N3O. The number of nitrogens with two attached hydrogens (primary N) is 1. The van der Waals surface area contributed by atoms with E-state index in [0.29, 0.717) is 0 Å². The van der Waals surface area contributed by atoms with Crippen LogP contribution in [0, 0.1) is 13.8 Å². The highest BCUT2D eigenvalue weighted by molar-refractivity contribution is 5.40. The maximum absolute atomic E-state index is 9.76. The molecule has 2 aromatic rings. The van der Waals surface area contributed by atoms with Gasteiger partial charge in [0.2, 0.25) is 0 Å². The van der Waals surface area contributed by atoms with Crippen molar-refractivity contribution in [2.75, 3.05) is 6.54 Å². The predicted octanol–water partition coefficient (Wildman–Crippen LogP) is 1.48. The monoisotopic (exact) mass is 231 g/mol. The van der Waals surface area contributed by atoms with Crippen LogP contribution in [0.3, 0.4) is 0 Å². The van der Waals surface area contributed by atoms with Crippen molar-refractivity contribution >= 4 is 0 Å². The molecule has 0 saturated carbocycles. The second kappa shape index (κ2) is 4.69. The van der Waals surface area contributed by atoms with Gasteiger partial charge in [-0.3, -0.25) is 0 Å². The van der Waals surface area contributed by atoms with Gasteiger partial charge in [0.25, 0.3) is 0 Å². The van der Waals surface area contributed by atoms with Gasteiger partial charge in [-0.05, 0) is 25.5 Å². The maximum atomic E-state index is 9.76. The van der Waals surface area contributed by atoms with Crippen LogP contribution in [0.15, 0.2) is 30.5 Å². The van der Waals surface area contributed by atoms with Crippen LogP contribution in [-0.4, -0.2) is 21.4 Å². The van der Waals surface area contributed by atoms with E-state index in [1.807, 2.05) is 44.3 Å². The standard InChI is InChI=1S/C13H17N3O/c1-9-5-3-4-6-12(9)16-8-11(10(2)15-16)13(17)7-14/h3-6,8,13,17H,7,14H2,1-2H3. The van der Waals surface area contributed by atoms with Crippen molar-refractivity contribution in [3.8, 4) is 5.69 Å². The van der Waals surface area contributed by atoms with Gasteiger partial charge in [-0.25, -0.2) is 4.68 Å². The molecule has 3 N–H and O–H groups in total. The van der Waals surface area contributed by atoms with E-state index in [4.69, 9.17) is 5.73 Å². The smallest absolute Gasteiger partial charge is 0.0945 e. The summed E-state index contributed by atoms with van der Waals surface area (Å²) >= 11 is 0. The largest absolute Gasteiger partial charge is 0.387 e. The fourth-order valence-corrected chi connectivity index (χ4v) is 1.87. The molecule has 1 aromatic carbocycles. The molecule has 0 fully saturated rings. The van der Waals surface area contributed by atoms with Gasteiger partial charge in [-0.1, -0.05) is 18.2 Å². The normalized spacial score (nSPS) is 12.7. The molecule has 0 amide bonds. The minimum Gasteiger partial charge on any atom is -0.387 e. The van der Waals surface area contributed by atoms with E-state index in [1.54, 1.807) is 4.68 Å². The van der Waals surface area contributed by atoms with Gasteiger partial charge in [0.1, 0.15) is 0 Å². The van der Waals surface area contributed by atoms with Crippen molar-refractivity contribution in [1.82, 2.24) is 9.78 Å². The van der Waals surface area contributed by atoms with Crippen molar-refractivity contribution in [3.05, 3.63) is 47.3 Å². The first-order valence-electron chi connectivity index (χ1n) is 5.63. The number of hydrogen-bond donors (Lipinski definition) is 2. The van der Waals surface area contributed by atoms with Crippen LogP contribution in [-0.2, 0) is 0 Å². The van der Waals surface area contributed by atoms with Gasteiger partial charge in [-0.2, -0.15) is 5.10 Å². The van der Waals surface area contributed by atoms with Gasteiger partial charge in [0, 0.05) is 18.3 Å². The second-order valence-corrected chi connectivity index (χ2v) is 4.15. The molecule has 17 heavy (non-hydrogen) atoms. The molecule has 4 nitrogen and oxygen atoms in total. The number of nitrogens with zero attached hydrogens (tertiary/aromatic N) is 2. The zero-order valence-corrected chi connectivity index (χ0v) is 10.1. The third-order valence-corrected chi connectivity index (χ3v) is 2.88. The molecule has 0 aliphatic carbocycles. The van der Waals surface area contributed by atoms with Gasteiger partial charge >= 0.3 is 0 Å². The molecule has 0 spiro atoms. The van der Waals surface area contributed by atoms with Crippen LogP contribution in [0.1, 0.15) is 22.9 Å². The fourth-order valence-electron chi connectivity index (χ4n) is 1.87. The fraction of sp³-hybridized carbons (Fsp3) is 0.308. The van der Waals surface area contributed by atoms with E-state index in [0.717, 1.165) is 22.5 Å². The van der Waals surface area contributed by atoms with E-state index < -0.39 is 6.10 Å². The number of benzene rings is 1. The highest BCUT2D eigenvalue weighted by atomic mass is 16.3. The Morgan fingerprint density at radius 2 is 2.06 bits per heavy atom. The van der Waals surface area contributed by atoms with Crippen LogP contribution in [0.5, 0.6) is 0 Å². The molecule has 4 heteroatoms. The van der Waals surface area contributed by atoms with Crippen molar-refractivity contribution in [2.24, 2.45) is 5.73 Å². The number of aliphatic hydroxyl groups excluding tert-OH is 1. The lowest BCUT2D eigenvalue weighted by Gasteiger charge is -2.05. The van der Waals surface area contributed by atoms with E-state index in [2.05, 4.69) is 5.10 Å². The van der Waals surface area contributed by atoms with Crippen LogP contribution in [0.2, 0.25) is 0 Å². The van der Waals surface area contributed by atoms with E-state index in [9.17, 15) is 5.11 Å². The van der Waals surface area contributed by atoms with Crippen LogP contribution in [0.4, 0.5) is 0 Å². The van der Waals surface area contributed by atoms with Gasteiger partial charge in [0.05, 0.1) is 17.5 Å². The quantitative estimate of drug-likeness (QED) is 0.841. The van der Waals surface area contributed by atoms with Crippen molar-refractivity contribution in [1.29, 1.82) is 0 Å². The zero-order valence-electron chi connectivity index (χ0n) is 10.1. The molecule has 1 unspecified atom stereocenters. The van der Waals surface area contributed by atoms with Crippen molar-refractivity contribution < 1.29 is 5.11 Å². The Morgan fingerprint density at radius 3 is 2.71 bits per heavy atom. The Bertz CT molecular complexity index is 519. The van der Waals surface area contributed by atoms with Crippen LogP contribution < -0.4 is 5.73 Å². The molecular weight excluding hydrogens is 214 g/mol. The lowest BCUT2D eigenvalue weighted by molar-refractivity contribution is 0.186. The molecule has 1 heterocycles. The lowest BCUT2D eigenvalue weighted by atomic mass is 10.1. The van der Waals surface area contributed by atoms with Crippen LogP contribution in [0.25, 0.3) is 5.69 Å². The number of aryl methyl sites for hydroxylation is 2. The Hall–Kier alpha value is -1.65. The van der Waals surface area contributed by atoms with Gasteiger partial charge in [-0.15, -0.1) is 0 Å². The number of aromatic nitrogens is 2. The van der Waals surface area contributed by atoms with Crippen molar-refractivity contribution in [2.45, 2.75) is 20.0 Å². The number of para-hydroxylation sites is 1. The molecule has 2 rings (SSSR count). The molecule has 1 atom stereocenters. The average molecular weight is 231 g/mol. The Balaban J connectivity index is 2.45. The summed E-state index contributed by atoms with van der Waals surface area (Å²) in [4.78, 5) is 0. The summed E-state index contributed by atoms with van der Waals surface area (Å²) < 4.78 is 1.79. The summed E-state index contributed by atoms with van der Waals surface area (Å²) in [6.45, 7) is 4.12. The number of hydrogen-bond acceptors (Lipinski definition) is 3. The third kappa shape index (κ3) is 2.23. The third-order valence-electron chi connectivity index (χ3n) is 2.88. The first kappa shape index (κ1) is 11.8. The van der Waals surface area contributed by atoms with Crippen molar-refractivity contribution in [3.63, 3.8) is 0 Å². The summed E-state index contributed by atoms with van der Waals surface area (Å²) in [7, 11) is 0. The van der Waals surface area contributed by atoms with Gasteiger partial charge < -0.3 is 10.8 Å². The minimum atomic E-state index is -0.646. The first-order valence-corrected chi connectivity index (χ1v) is 5.63. The van der Waals surface area contributed by atoms with E-state index in [-0.39, 0.29) is 6.54 Å². The Kier molecular flexibility index (Phi) is 3.26. The predicted molar refractivity (Wildman–Crippen MR) is 67.1 cm³/mol. The molecule has 0 radical (unpaired) electrons. The highest BCUT2D eigenvalue weighted by Crippen LogP contribution is 2.19. The molecule has 0 saturated heterocycles. The van der Waals surface area contributed by atoms with E-state index >= 15 is 0 Å². The number of aliphatic hydroxyl groups is 1. The van der Waals surface area contributed by atoms with Crippen LogP contribution >= 0.6 is 0 Å². The summed E-state index contributed by atoms with van der Waals surface area (Å²) in [6.07, 6.45) is 1.20. The molecule has 1 aromatic heterocycles. The van der Waals surface area contributed by atoms with Gasteiger partial charge in [0.15, 0.2) is 0 Å². The summed E-state index contributed by atoms with van der Waals surface area (Å²) in [5.74, 6) is 0. The minimum absolute atomic E-state index is 0.209. The Labute approximate surface area is 101 Å². The average Bonchev–Trinajstić information content (AvgIpc) is 2.71. The maximum Gasteiger partial charge on any atom is 0.0945 e. The SMILES string of the molecule is Cc1ccccc1-n1cc(C(O)CN)c(C)n1. The molecule has 90 valence electrons. The second-order valence-electron chi connectivity index (χ2n) is 4.15. The zero-order chi connectivity index (χ0) is 12.4. The van der Waals surface area contributed by atoms with E-state index in [1.165, 1.54) is 0 Å². The summed E-state index contributed by atoms with van der Waals surface area (Å²) in [5.41, 5.74) is 9.22. The highest BCUT2D eigenvalue weighted by Gasteiger charge is 2.13. The molecule has 0 bridgehead atoms. The number of rotatable bonds is 3. The topological polar surface area (TPSA) is 64.1 Å².